The van der Waals surface area contributed by atoms with Gasteiger partial charge in [-0.2, -0.15) is 13.2 Å². The van der Waals surface area contributed by atoms with Gasteiger partial charge in [0.2, 0.25) is 15.9 Å². The van der Waals surface area contributed by atoms with E-state index >= 15 is 0 Å². The number of anilines is 1. The molecule has 0 spiro atoms. The molecular weight excluding hydrogens is 369 g/mol. The van der Waals surface area contributed by atoms with Crippen LogP contribution in [-0.4, -0.2) is 27.1 Å². The van der Waals surface area contributed by atoms with Gasteiger partial charge in [-0.05, 0) is 23.8 Å². The number of alkyl halides is 3. The van der Waals surface area contributed by atoms with E-state index in [1.54, 1.807) is 24.3 Å². The molecule has 5 nitrogen and oxygen atoms in total. The lowest BCUT2D eigenvalue weighted by atomic mass is 10.2. The van der Waals surface area contributed by atoms with Gasteiger partial charge in [0.25, 0.3) is 0 Å². The van der Waals surface area contributed by atoms with E-state index in [1.165, 1.54) is 6.07 Å². The van der Waals surface area contributed by atoms with E-state index in [0.717, 1.165) is 24.0 Å². The van der Waals surface area contributed by atoms with Gasteiger partial charge in [0.05, 0.1) is 17.5 Å². The minimum absolute atomic E-state index is 0.180. The average Bonchev–Trinajstić information content (AvgIpc) is 2.57. The van der Waals surface area contributed by atoms with Crippen LogP contribution in [0.3, 0.4) is 0 Å². The fraction of sp³-hybridized carbons (Fsp3) is 0.235. The molecule has 0 heterocycles. The van der Waals surface area contributed by atoms with Crippen LogP contribution in [0.15, 0.2) is 54.6 Å². The summed E-state index contributed by atoms with van der Waals surface area (Å²) < 4.78 is 63.1. The molecule has 26 heavy (non-hydrogen) atoms. The quantitative estimate of drug-likeness (QED) is 0.830. The van der Waals surface area contributed by atoms with E-state index < -0.39 is 34.2 Å². The number of hydrogen-bond acceptors (Lipinski definition) is 3. The third kappa shape index (κ3) is 5.48. The van der Waals surface area contributed by atoms with Crippen molar-refractivity contribution >= 4 is 21.6 Å². The average molecular weight is 386 g/mol. The number of carbonyl (C=O) groups excluding carboxylic acids is 1. The Bertz CT molecular complexity index is 868. The number of nitrogens with one attached hydrogen (secondary N) is 1. The first-order valence-electron chi connectivity index (χ1n) is 7.53. The van der Waals surface area contributed by atoms with Gasteiger partial charge in [0, 0.05) is 6.54 Å². The molecule has 0 saturated carbocycles. The maximum atomic E-state index is 12.9. The predicted octanol–water partition coefficient (Wildman–Crippen LogP) is 2.79. The van der Waals surface area contributed by atoms with Crippen LogP contribution in [-0.2, 0) is 27.5 Å². The number of halogens is 3. The summed E-state index contributed by atoms with van der Waals surface area (Å²) in [6.07, 6.45) is -3.79. The number of amides is 1. The van der Waals surface area contributed by atoms with Crippen molar-refractivity contribution in [2.75, 3.05) is 17.1 Å². The van der Waals surface area contributed by atoms with Crippen molar-refractivity contribution in [2.24, 2.45) is 0 Å². The van der Waals surface area contributed by atoms with Crippen molar-refractivity contribution in [1.29, 1.82) is 0 Å². The first kappa shape index (κ1) is 19.8. The predicted molar refractivity (Wildman–Crippen MR) is 91.9 cm³/mol. The van der Waals surface area contributed by atoms with Gasteiger partial charge in [-0.25, -0.2) is 8.42 Å². The van der Waals surface area contributed by atoms with E-state index in [2.05, 4.69) is 5.32 Å². The highest BCUT2D eigenvalue weighted by molar-refractivity contribution is 7.92. The summed E-state index contributed by atoms with van der Waals surface area (Å²) in [5, 5.41) is 2.55. The molecule has 0 fully saturated rings. The fourth-order valence-electron chi connectivity index (χ4n) is 2.22. The number of hydrogen-bond donors (Lipinski definition) is 1. The number of nitrogens with zero attached hydrogens (tertiary/aromatic N) is 1. The van der Waals surface area contributed by atoms with Gasteiger partial charge >= 0.3 is 6.18 Å². The summed E-state index contributed by atoms with van der Waals surface area (Å²) in [4.78, 5) is 12.1. The van der Waals surface area contributed by atoms with Crippen LogP contribution >= 0.6 is 0 Å². The van der Waals surface area contributed by atoms with Gasteiger partial charge in [0.1, 0.15) is 6.54 Å². The van der Waals surface area contributed by atoms with Crippen LogP contribution in [0.1, 0.15) is 11.1 Å². The molecule has 2 rings (SSSR count). The van der Waals surface area contributed by atoms with Gasteiger partial charge in [0.15, 0.2) is 0 Å². The summed E-state index contributed by atoms with van der Waals surface area (Å²) in [5.74, 6) is -0.628. The highest BCUT2D eigenvalue weighted by Gasteiger charge is 2.31. The minimum atomic E-state index is -4.62. The lowest BCUT2D eigenvalue weighted by Gasteiger charge is -2.22. The van der Waals surface area contributed by atoms with Crippen LogP contribution < -0.4 is 9.62 Å². The van der Waals surface area contributed by atoms with E-state index in [0.29, 0.717) is 10.4 Å². The minimum Gasteiger partial charge on any atom is -0.350 e. The molecular formula is C17H17F3N2O3S. The van der Waals surface area contributed by atoms with E-state index in [9.17, 15) is 26.4 Å². The van der Waals surface area contributed by atoms with Crippen molar-refractivity contribution in [3.8, 4) is 0 Å². The Labute approximate surface area is 149 Å². The Balaban J connectivity index is 2.17. The fourth-order valence-corrected chi connectivity index (χ4v) is 3.07. The van der Waals surface area contributed by atoms with E-state index in [4.69, 9.17) is 0 Å². The molecule has 0 bridgehead atoms. The lowest BCUT2D eigenvalue weighted by molar-refractivity contribution is -0.137. The summed E-state index contributed by atoms with van der Waals surface area (Å²) >= 11 is 0. The first-order valence-corrected chi connectivity index (χ1v) is 9.38. The second-order valence-corrected chi connectivity index (χ2v) is 7.49. The summed E-state index contributed by atoms with van der Waals surface area (Å²) in [5.41, 5.74) is -0.406. The van der Waals surface area contributed by atoms with Crippen molar-refractivity contribution < 1.29 is 26.4 Å². The third-order valence-electron chi connectivity index (χ3n) is 3.48. The maximum Gasteiger partial charge on any atom is 0.416 e. The summed E-state index contributed by atoms with van der Waals surface area (Å²) in [6.45, 7) is -0.438. The largest absolute Gasteiger partial charge is 0.416 e. The Hall–Kier alpha value is -2.55. The number of rotatable bonds is 6. The SMILES string of the molecule is CS(=O)(=O)N(CC(=O)NCc1ccccc1)c1cccc(C(F)(F)F)c1. The second kappa shape index (κ2) is 7.77. The van der Waals surface area contributed by atoms with Crippen molar-refractivity contribution in [1.82, 2.24) is 5.32 Å². The van der Waals surface area contributed by atoms with Gasteiger partial charge in [-0.3, -0.25) is 9.10 Å². The molecule has 9 heteroatoms. The van der Waals surface area contributed by atoms with Crippen LogP contribution in [0.4, 0.5) is 18.9 Å². The first-order chi connectivity index (χ1) is 12.1. The molecule has 0 aliphatic rings. The van der Waals surface area contributed by atoms with Crippen LogP contribution in [0.2, 0.25) is 0 Å². The molecule has 0 atom stereocenters. The number of sulfonamides is 1. The Morgan fingerprint density at radius 3 is 2.31 bits per heavy atom. The van der Waals surface area contributed by atoms with Crippen molar-refractivity contribution in [3.05, 3.63) is 65.7 Å². The number of benzene rings is 2. The van der Waals surface area contributed by atoms with E-state index in [-0.39, 0.29) is 12.2 Å². The standard InChI is InChI=1S/C17H17F3N2O3S/c1-26(24,25)22(15-9-5-8-14(10-15)17(18,19)20)12-16(23)21-11-13-6-3-2-4-7-13/h2-10H,11-12H2,1H3,(H,21,23). The van der Waals surface area contributed by atoms with E-state index in [1.807, 2.05) is 6.07 Å². The zero-order valence-corrected chi connectivity index (χ0v) is 14.6. The highest BCUT2D eigenvalue weighted by atomic mass is 32.2. The molecule has 1 amide bonds. The summed E-state index contributed by atoms with van der Waals surface area (Å²) in [7, 11) is -3.95. The Morgan fingerprint density at radius 2 is 1.73 bits per heavy atom. The van der Waals surface area contributed by atoms with Gasteiger partial charge in [-0.15, -0.1) is 0 Å². The second-order valence-electron chi connectivity index (χ2n) is 5.58. The Kier molecular flexibility index (Phi) is 5.91. The molecule has 140 valence electrons. The van der Waals surface area contributed by atoms with Crippen LogP contribution in [0.5, 0.6) is 0 Å². The van der Waals surface area contributed by atoms with Crippen molar-refractivity contribution in [2.45, 2.75) is 12.7 Å². The summed E-state index contributed by atoms with van der Waals surface area (Å²) in [6, 6.07) is 12.8. The topological polar surface area (TPSA) is 66.5 Å². The molecule has 0 aliphatic carbocycles. The molecule has 0 aromatic heterocycles. The van der Waals surface area contributed by atoms with Crippen molar-refractivity contribution in [3.63, 3.8) is 0 Å². The molecule has 2 aromatic carbocycles. The molecule has 2 aromatic rings. The number of carbonyl (C=O) groups is 1. The molecule has 0 aliphatic heterocycles. The molecule has 1 N–H and O–H groups in total. The molecule has 0 saturated heterocycles. The normalized spacial score (nSPS) is 11.8. The highest BCUT2D eigenvalue weighted by Crippen LogP contribution is 2.32. The monoisotopic (exact) mass is 386 g/mol. The Morgan fingerprint density at radius 1 is 1.08 bits per heavy atom. The van der Waals surface area contributed by atoms with Crippen LogP contribution in [0.25, 0.3) is 0 Å². The lowest BCUT2D eigenvalue weighted by Crippen LogP contribution is -2.40. The maximum absolute atomic E-state index is 12.9. The van der Waals surface area contributed by atoms with Crippen LogP contribution in [0, 0.1) is 0 Å². The zero-order valence-electron chi connectivity index (χ0n) is 13.8. The zero-order chi connectivity index (χ0) is 19.4. The third-order valence-corrected chi connectivity index (χ3v) is 4.62. The molecule has 0 radical (unpaired) electrons. The van der Waals surface area contributed by atoms with Gasteiger partial charge < -0.3 is 5.32 Å². The van der Waals surface area contributed by atoms with Gasteiger partial charge in [-0.1, -0.05) is 36.4 Å². The smallest absolute Gasteiger partial charge is 0.350 e. The molecule has 0 unspecified atom stereocenters.